The third-order valence-corrected chi connectivity index (χ3v) is 6.91. The molecule has 0 unspecified atom stereocenters. The first-order valence-corrected chi connectivity index (χ1v) is 10.1. The number of carbonyl (C=O) groups excluding carboxylic acids is 1. The summed E-state index contributed by atoms with van der Waals surface area (Å²) in [4.78, 5) is 12.7. The van der Waals surface area contributed by atoms with E-state index < -0.39 is 0 Å². The maximum atomic E-state index is 13.8. The molecule has 4 saturated carbocycles. The molecule has 4 aliphatic carbocycles. The number of hydrogen-bond acceptors (Lipinski definition) is 2. The highest BCUT2D eigenvalue weighted by atomic mass is 19.1. The molecule has 4 nitrogen and oxygen atoms in total. The Labute approximate surface area is 159 Å². The van der Waals surface area contributed by atoms with Gasteiger partial charge in [-0.25, -0.2) is 4.39 Å². The van der Waals surface area contributed by atoms with Gasteiger partial charge >= 0.3 is 0 Å². The maximum Gasteiger partial charge on any atom is 0.225 e. The average Bonchev–Trinajstić information content (AvgIpc) is 3.02. The summed E-state index contributed by atoms with van der Waals surface area (Å²) in [6.45, 7) is 0.359. The number of rotatable bonds is 5. The van der Waals surface area contributed by atoms with Crippen LogP contribution < -0.4 is 5.32 Å². The van der Waals surface area contributed by atoms with E-state index in [1.54, 1.807) is 29.2 Å². The molecule has 5 heteroatoms. The summed E-state index contributed by atoms with van der Waals surface area (Å²) in [5.41, 5.74) is 1.52. The van der Waals surface area contributed by atoms with Gasteiger partial charge < -0.3 is 5.32 Å². The Bertz CT molecular complexity index is 823. The van der Waals surface area contributed by atoms with Gasteiger partial charge in [0.1, 0.15) is 5.82 Å². The van der Waals surface area contributed by atoms with Crippen molar-refractivity contribution in [3.63, 3.8) is 0 Å². The Morgan fingerprint density at radius 2 is 1.81 bits per heavy atom. The molecular formula is C22H26FN3O. The van der Waals surface area contributed by atoms with Gasteiger partial charge in [-0.1, -0.05) is 18.2 Å². The molecular weight excluding hydrogens is 341 g/mol. The van der Waals surface area contributed by atoms with E-state index >= 15 is 0 Å². The van der Waals surface area contributed by atoms with Crippen LogP contribution in [0.25, 0.3) is 0 Å². The molecule has 0 saturated heterocycles. The van der Waals surface area contributed by atoms with E-state index in [9.17, 15) is 9.18 Å². The lowest BCUT2D eigenvalue weighted by Crippen LogP contribution is -2.47. The van der Waals surface area contributed by atoms with Crippen molar-refractivity contribution in [1.82, 2.24) is 9.78 Å². The van der Waals surface area contributed by atoms with Crippen LogP contribution in [0.2, 0.25) is 0 Å². The number of nitrogens with one attached hydrogen (secondary N) is 1. The largest absolute Gasteiger partial charge is 0.323 e. The third kappa shape index (κ3) is 3.40. The first-order chi connectivity index (χ1) is 13.1. The van der Waals surface area contributed by atoms with E-state index in [2.05, 4.69) is 10.4 Å². The smallest absolute Gasteiger partial charge is 0.225 e. The second-order valence-corrected chi connectivity index (χ2v) is 9.16. The lowest BCUT2D eigenvalue weighted by atomic mass is 9.49. The van der Waals surface area contributed by atoms with Gasteiger partial charge in [0.2, 0.25) is 5.91 Å². The van der Waals surface area contributed by atoms with Crippen molar-refractivity contribution in [3.8, 4) is 0 Å². The molecule has 0 radical (unpaired) electrons. The van der Waals surface area contributed by atoms with Crippen molar-refractivity contribution >= 4 is 11.6 Å². The summed E-state index contributed by atoms with van der Waals surface area (Å²) in [6, 6.07) is 6.70. The van der Waals surface area contributed by atoms with Gasteiger partial charge in [-0.2, -0.15) is 5.10 Å². The Hall–Kier alpha value is -2.17. The van der Waals surface area contributed by atoms with Crippen LogP contribution in [0.4, 0.5) is 10.1 Å². The van der Waals surface area contributed by atoms with Crippen LogP contribution in [0.3, 0.4) is 0 Å². The van der Waals surface area contributed by atoms with E-state index in [1.165, 1.54) is 44.6 Å². The number of anilines is 1. The molecule has 1 heterocycles. The van der Waals surface area contributed by atoms with Crippen molar-refractivity contribution < 1.29 is 9.18 Å². The van der Waals surface area contributed by atoms with Crippen molar-refractivity contribution in [3.05, 3.63) is 48.0 Å². The highest BCUT2D eigenvalue weighted by Crippen LogP contribution is 2.61. The molecule has 2 aromatic rings. The number of halogens is 1. The molecule has 1 N–H and O–H groups in total. The van der Waals surface area contributed by atoms with Crippen LogP contribution >= 0.6 is 0 Å². The molecule has 6 rings (SSSR count). The summed E-state index contributed by atoms with van der Waals surface area (Å²) >= 11 is 0. The van der Waals surface area contributed by atoms with Crippen molar-refractivity contribution in [1.29, 1.82) is 0 Å². The summed E-state index contributed by atoms with van der Waals surface area (Å²) < 4.78 is 15.5. The van der Waals surface area contributed by atoms with E-state index in [-0.39, 0.29) is 17.1 Å². The molecule has 142 valence electrons. The fourth-order valence-electron chi connectivity index (χ4n) is 6.37. The van der Waals surface area contributed by atoms with Gasteiger partial charge in [0, 0.05) is 18.2 Å². The molecule has 0 aliphatic heterocycles. The Balaban J connectivity index is 1.22. The molecule has 4 bridgehead atoms. The summed E-state index contributed by atoms with van der Waals surface area (Å²) in [5.74, 6) is 2.43. The quantitative estimate of drug-likeness (QED) is 0.838. The summed E-state index contributed by atoms with van der Waals surface area (Å²) in [5, 5.41) is 7.29. The Kier molecular flexibility index (Phi) is 4.06. The molecule has 4 fully saturated rings. The molecule has 1 aromatic carbocycles. The van der Waals surface area contributed by atoms with Crippen molar-refractivity contribution in [2.45, 2.75) is 51.5 Å². The Morgan fingerprint density at radius 1 is 1.15 bits per heavy atom. The minimum absolute atomic E-state index is 0.0994. The molecule has 0 spiro atoms. The van der Waals surface area contributed by atoms with Gasteiger partial charge in [0.05, 0.1) is 18.4 Å². The van der Waals surface area contributed by atoms with E-state index in [0.29, 0.717) is 24.2 Å². The SMILES string of the molecule is O=C(CC12CC3CC(CC(C3)C1)C2)Nc1cnn(Cc2ccccc2F)c1. The third-order valence-electron chi connectivity index (χ3n) is 6.91. The predicted molar refractivity (Wildman–Crippen MR) is 102 cm³/mol. The van der Waals surface area contributed by atoms with Crippen molar-refractivity contribution in [2.75, 3.05) is 5.32 Å². The summed E-state index contributed by atoms with van der Waals surface area (Å²) in [6.07, 6.45) is 11.9. The van der Waals surface area contributed by atoms with Gasteiger partial charge in [0.15, 0.2) is 0 Å². The van der Waals surface area contributed by atoms with Gasteiger partial charge in [-0.05, 0) is 67.8 Å². The number of benzene rings is 1. The van der Waals surface area contributed by atoms with Crippen LogP contribution in [0, 0.1) is 29.0 Å². The highest BCUT2D eigenvalue weighted by molar-refractivity contribution is 5.90. The molecule has 1 amide bonds. The number of aromatic nitrogens is 2. The number of hydrogen-bond donors (Lipinski definition) is 1. The van der Waals surface area contributed by atoms with E-state index in [4.69, 9.17) is 0 Å². The first kappa shape index (κ1) is 17.0. The maximum absolute atomic E-state index is 13.8. The van der Waals surface area contributed by atoms with Gasteiger partial charge in [-0.3, -0.25) is 9.48 Å². The molecule has 4 aliphatic rings. The monoisotopic (exact) mass is 367 g/mol. The van der Waals surface area contributed by atoms with E-state index in [1.807, 2.05) is 6.07 Å². The topological polar surface area (TPSA) is 46.9 Å². The van der Waals surface area contributed by atoms with Crippen molar-refractivity contribution in [2.24, 2.45) is 23.2 Å². The predicted octanol–water partition coefficient (Wildman–Crippen LogP) is 4.62. The second-order valence-electron chi connectivity index (χ2n) is 9.16. The zero-order valence-corrected chi connectivity index (χ0v) is 15.5. The second kappa shape index (κ2) is 6.47. The zero-order chi connectivity index (χ0) is 18.4. The Morgan fingerprint density at radius 3 is 2.48 bits per heavy atom. The number of amides is 1. The standard InChI is InChI=1S/C22H26FN3O/c23-20-4-2-1-3-18(20)13-26-14-19(12-24-26)25-21(27)11-22-8-15-5-16(9-22)7-17(6-15)10-22/h1-4,12,14-17H,5-11,13H2,(H,25,27). The molecule has 0 atom stereocenters. The van der Waals surface area contributed by atoms with Crippen LogP contribution in [-0.2, 0) is 11.3 Å². The normalized spacial score (nSPS) is 31.2. The lowest BCUT2D eigenvalue weighted by molar-refractivity contribution is -0.124. The van der Waals surface area contributed by atoms with Gasteiger partial charge in [0.25, 0.3) is 0 Å². The molecule has 1 aromatic heterocycles. The fraction of sp³-hybridized carbons (Fsp3) is 0.545. The van der Waals surface area contributed by atoms with Crippen LogP contribution in [0.15, 0.2) is 36.7 Å². The van der Waals surface area contributed by atoms with Crippen LogP contribution in [-0.4, -0.2) is 15.7 Å². The lowest BCUT2D eigenvalue weighted by Gasteiger charge is -2.56. The van der Waals surface area contributed by atoms with Gasteiger partial charge in [-0.15, -0.1) is 0 Å². The average molecular weight is 367 g/mol. The van der Waals surface area contributed by atoms with Crippen LogP contribution in [0.5, 0.6) is 0 Å². The first-order valence-electron chi connectivity index (χ1n) is 10.1. The van der Waals surface area contributed by atoms with E-state index in [0.717, 1.165) is 17.8 Å². The number of nitrogens with zero attached hydrogens (tertiary/aromatic N) is 2. The summed E-state index contributed by atoms with van der Waals surface area (Å²) in [7, 11) is 0. The minimum Gasteiger partial charge on any atom is -0.323 e. The zero-order valence-electron chi connectivity index (χ0n) is 15.5. The molecule has 27 heavy (non-hydrogen) atoms. The highest BCUT2D eigenvalue weighted by Gasteiger charge is 2.51. The van der Waals surface area contributed by atoms with Crippen LogP contribution in [0.1, 0.15) is 50.5 Å². The number of carbonyl (C=O) groups is 1. The fourth-order valence-corrected chi connectivity index (χ4v) is 6.37. The minimum atomic E-state index is -0.236.